The van der Waals surface area contributed by atoms with E-state index in [1.807, 2.05) is 41.7 Å². The third-order valence-electron chi connectivity index (χ3n) is 4.28. The molecule has 1 aromatic rings. The van der Waals surface area contributed by atoms with Crippen LogP contribution in [0.3, 0.4) is 0 Å². The van der Waals surface area contributed by atoms with Crippen molar-refractivity contribution in [1.82, 2.24) is 9.62 Å². The van der Waals surface area contributed by atoms with E-state index in [2.05, 4.69) is 5.32 Å². The molecule has 5 heteroatoms. The van der Waals surface area contributed by atoms with Crippen LogP contribution >= 0.6 is 0 Å². The van der Waals surface area contributed by atoms with E-state index >= 15 is 0 Å². The van der Waals surface area contributed by atoms with Gasteiger partial charge in [0.1, 0.15) is 0 Å². The summed E-state index contributed by atoms with van der Waals surface area (Å²) in [6.45, 7) is 10.9. The monoisotopic (exact) mass is 298 g/mol. The van der Waals surface area contributed by atoms with Crippen molar-refractivity contribution in [1.29, 1.82) is 0 Å². The summed E-state index contributed by atoms with van der Waals surface area (Å²) < 4.78 is 27.0. The minimum atomic E-state index is -3.44. The van der Waals surface area contributed by atoms with Crippen molar-refractivity contribution in [3.8, 4) is 0 Å². The highest BCUT2D eigenvalue weighted by Gasteiger charge is 2.27. The number of nitrogens with one attached hydrogen (secondary N) is 1. The molecule has 0 amide bonds. The first-order chi connectivity index (χ1) is 9.16. The summed E-state index contributed by atoms with van der Waals surface area (Å²) in [7, 11) is 0.0106. The van der Waals surface area contributed by atoms with Gasteiger partial charge in [-0.15, -0.1) is 0 Å². The van der Waals surface area contributed by atoms with Crippen LogP contribution < -0.4 is 5.32 Å². The molecule has 0 radical (unpaired) electrons. The van der Waals surface area contributed by atoms with Crippen LogP contribution in [-0.4, -0.2) is 39.9 Å². The molecule has 0 aliphatic carbocycles. The molecule has 0 spiro atoms. The van der Waals surface area contributed by atoms with Crippen molar-refractivity contribution >= 4 is 10.0 Å². The van der Waals surface area contributed by atoms with Gasteiger partial charge in [-0.1, -0.05) is 0 Å². The number of hydrogen-bond acceptors (Lipinski definition) is 3. The number of hydrogen-bond donors (Lipinski definition) is 1. The average molecular weight is 298 g/mol. The van der Waals surface area contributed by atoms with E-state index in [1.54, 1.807) is 7.05 Å². The van der Waals surface area contributed by atoms with E-state index < -0.39 is 10.0 Å². The molecule has 0 unspecified atom stereocenters. The molecular formula is C15H26N2O2S. The Bertz CT molecular complexity index is 578. The van der Waals surface area contributed by atoms with E-state index in [0.29, 0.717) is 18.0 Å². The highest BCUT2D eigenvalue weighted by molar-refractivity contribution is 7.89. The van der Waals surface area contributed by atoms with Crippen LogP contribution in [0.15, 0.2) is 4.90 Å². The van der Waals surface area contributed by atoms with E-state index in [4.69, 9.17) is 0 Å². The van der Waals surface area contributed by atoms with E-state index in [-0.39, 0.29) is 0 Å². The summed E-state index contributed by atoms with van der Waals surface area (Å²) in [6.07, 6.45) is 0. The standard InChI is InChI=1S/C15H26N2O2S/c1-10-11(2)13(4)15(14(5)12(10)3)20(18,19)17(7)9-8-16-6/h16H,8-9H2,1-7H3. The zero-order chi connectivity index (χ0) is 15.7. The summed E-state index contributed by atoms with van der Waals surface area (Å²) in [5, 5.41) is 2.98. The molecule has 1 aromatic carbocycles. The van der Waals surface area contributed by atoms with Crippen molar-refractivity contribution < 1.29 is 8.42 Å². The molecule has 20 heavy (non-hydrogen) atoms. The maximum atomic E-state index is 12.8. The van der Waals surface area contributed by atoms with Crippen molar-refractivity contribution in [2.75, 3.05) is 27.2 Å². The number of nitrogens with zero attached hydrogens (tertiary/aromatic N) is 1. The van der Waals surface area contributed by atoms with Crippen molar-refractivity contribution in [3.63, 3.8) is 0 Å². The predicted molar refractivity (Wildman–Crippen MR) is 83.9 cm³/mol. The van der Waals surface area contributed by atoms with Gasteiger partial charge in [-0.3, -0.25) is 0 Å². The minimum absolute atomic E-state index is 0.462. The fraction of sp³-hybridized carbons (Fsp3) is 0.600. The van der Waals surface area contributed by atoms with Crippen molar-refractivity contribution in [3.05, 3.63) is 27.8 Å². The predicted octanol–water partition coefficient (Wildman–Crippen LogP) is 2.07. The molecule has 114 valence electrons. The molecule has 0 aliphatic heterocycles. The summed E-state index contributed by atoms with van der Waals surface area (Å²) in [5.41, 5.74) is 5.03. The molecule has 0 saturated heterocycles. The van der Waals surface area contributed by atoms with Crippen LogP contribution in [0.5, 0.6) is 0 Å². The number of benzene rings is 1. The largest absolute Gasteiger partial charge is 0.318 e. The Morgan fingerprint density at radius 3 is 1.70 bits per heavy atom. The van der Waals surface area contributed by atoms with Gasteiger partial charge in [0, 0.05) is 20.1 Å². The molecule has 0 heterocycles. The van der Waals surface area contributed by atoms with Crippen LogP contribution in [0, 0.1) is 34.6 Å². The summed E-state index contributed by atoms with van der Waals surface area (Å²) in [4.78, 5) is 0.469. The SMILES string of the molecule is CNCCN(C)S(=O)(=O)c1c(C)c(C)c(C)c(C)c1C. The third-order valence-corrected chi connectivity index (χ3v) is 6.41. The molecule has 0 atom stereocenters. The summed E-state index contributed by atoms with van der Waals surface area (Å²) in [5.74, 6) is 0. The zero-order valence-corrected chi connectivity index (χ0v) is 14.4. The summed E-state index contributed by atoms with van der Waals surface area (Å²) >= 11 is 0. The Labute approximate surface area is 123 Å². The number of likely N-dealkylation sites (N-methyl/N-ethyl adjacent to an activating group) is 2. The fourth-order valence-electron chi connectivity index (χ4n) is 2.40. The lowest BCUT2D eigenvalue weighted by molar-refractivity contribution is 0.465. The lowest BCUT2D eigenvalue weighted by Crippen LogP contribution is -2.34. The zero-order valence-electron chi connectivity index (χ0n) is 13.6. The Hall–Kier alpha value is -0.910. The van der Waals surface area contributed by atoms with Crippen LogP contribution in [0.4, 0.5) is 0 Å². The van der Waals surface area contributed by atoms with Gasteiger partial charge in [-0.25, -0.2) is 8.42 Å². The van der Waals surface area contributed by atoms with Crippen LogP contribution in [0.25, 0.3) is 0 Å². The second-order valence-electron chi connectivity index (χ2n) is 5.38. The van der Waals surface area contributed by atoms with Crippen LogP contribution in [0.1, 0.15) is 27.8 Å². The lowest BCUT2D eigenvalue weighted by atomic mass is 9.95. The topological polar surface area (TPSA) is 49.4 Å². The van der Waals surface area contributed by atoms with E-state index in [0.717, 1.165) is 22.3 Å². The van der Waals surface area contributed by atoms with Gasteiger partial charge in [-0.05, 0) is 69.5 Å². The molecule has 0 bridgehead atoms. The van der Waals surface area contributed by atoms with E-state index in [9.17, 15) is 8.42 Å². The molecule has 0 saturated carbocycles. The average Bonchev–Trinajstić information content (AvgIpc) is 2.40. The van der Waals surface area contributed by atoms with E-state index in [1.165, 1.54) is 9.87 Å². The molecule has 0 aliphatic rings. The Balaban J connectivity index is 3.47. The number of sulfonamides is 1. The second kappa shape index (κ2) is 6.24. The van der Waals surface area contributed by atoms with Crippen molar-refractivity contribution in [2.24, 2.45) is 0 Å². The molecular weight excluding hydrogens is 272 g/mol. The second-order valence-corrected chi connectivity index (χ2v) is 7.37. The van der Waals surface area contributed by atoms with Gasteiger partial charge in [0.2, 0.25) is 10.0 Å². The third kappa shape index (κ3) is 2.90. The number of rotatable bonds is 5. The quantitative estimate of drug-likeness (QED) is 0.905. The highest BCUT2D eigenvalue weighted by atomic mass is 32.2. The highest BCUT2D eigenvalue weighted by Crippen LogP contribution is 2.30. The van der Waals surface area contributed by atoms with Gasteiger partial charge in [0.25, 0.3) is 0 Å². The molecule has 0 aromatic heterocycles. The first-order valence-electron chi connectivity index (χ1n) is 6.84. The maximum Gasteiger partial charge on any atom is 0.243 e. The molecule has 4 nitrogen and oxygen atoms in total. The van der Waals surface area contributed by atoms with Gasteiger partial charge >= 0.3 is 0 Å². The van der Waals surface area contributed by atoms with Gasteiger partial charge < -0.3 is 5.32 Å². The van der Waals surface area contributed by atoms with Gasteiger partial charge in [0.05, 0.1) is 4.90 Å². The van der Waals surface area contributed by atoms with Crippen LogP contribution in [-0.2, 0) is 10.0 Å². The van der Waals surface area contributed by atoms with Crippen LogP contribution in [0.2, 0.25) is 0 Å². The van der Waals surface area contributed by atoms with Gasteiger partial charge in [-0.2, -0.15) is 4.31 Å². The first-order valence-corrected chi connectivity index (χ1v) is 8.28. The first kappa shape index (κ1) is 17.1. The molecule has 1 rings (SSSR count). The van der Waals surface area contributed by atoms with Crippen molar-refractivity contribution in [2.45, 2.75) is 39.5 Å². The molecule has 1 N–H and O–H groups in total. The smallest absolute Gasteiger partial charge is 0.243 e. The fourth-order valence-corrected chi connectivity index (χ4v) is 4.12. The Morgan fingerprint density at radius 2 is 1.30 bits per heavy atom. The lowest BCUT2D eigenvalue weighted by Gasteiger charge is -2.23. The summed E-state index contributed by atoms with van der Waals surface area (Å²) in [6, 6.07) is 0. The molecule has 0 fully saturated rings. The van der Waals surface area contributed by atoms with Gasteiger partial charge in [0.15, 0.2) is 0 Å². The minimum Gasteiger partial charge on any atom is -0.318 e. The maximum absolute atomic E-state index is 12.8. The Morgan fingerprint density at radius 1 is 0.900 bits per heavy atom. The Kier molecular flexibility index (Phi) is 5.35. The normalized spacial score (nSPS) is 12.2.